The lowest BCUT2D eigenvalue weighted by molar-refractivity contribution is 0.329. The summed E-state index contributed by atoms with van der Waals surface area (Å²) in [5.74, 6) is 6.56. The van der Waals surface area contributed by atoms with Crippen LogP contribution < -0.4 is 15.5 Å². The van der Waals surface area contributed by atoms with Crippen LogP contribution in [0, 0.1) is 0 Å². The lowest BCUT2D eigenvalue weighted by atomic mass is 10.1. The van der Waals surface area contributed by atoms with Gasteiger partial charge in [-0.15, -0.1) is 5.10 Å². The zero-order chi connectivity index (χ0) is 17.1. The second-order valence-corrected chi connectivity index (χ2v) is 5.18. The molecule has 0 aliphatic rings. The van der Waals surface area contributed by atoms with Crippen molar-refractivity contribution in [2.24, 2.45) is 5.90 Å². The van der Waals surface area contributed by atoms with Crippen LogP contribution in [0.15, 0.2) is 42.6 Å². The third kappa shape index (κ3) is 2.77. The first-order valence-corrected chi connectivity index (χ1v) is 7.46. The van der Waals surface area contributed by atoms with E-state index in [9.17, 15) is 5.11 Å². The van der Waals surface area contributed by atoms with Crippen molar-refractivity contribution in [1.82, 2.24) is 15.0 Å². The fourth-order valence-corrected chi connectivity index (χ4v) is 2.52. The molecular weight excluding hydrogens is 308 g/mol. The van der Waals surface area contributed by atoms with Crippen molar-refractivity contribution >= 4 is 0 Å². The second kappa shape index (κ2) is 6.59. The highest BCUT2D eigenvalue weighted by Crippen LogP contribution is 2.33. The summed E-state index contributed by atoms with van der Waals surface area (Å²) in [5.41, 5.74) is 3.05. The number of ether oxygens (including phenoxy) is 1. The molecule has 3 rings (SSSR count). The van der Waals surface area contributed by atoms with Crippen LogP contribution in [0.5, 0.6) is 17.2 Å². The number of benzene rings is 2. The minimum Gasteiger partial charge on any atom is -0.508 e. The molecule has 124 valence electrons. The molecule has 7 heteroatoms. The predicted octanol–water partition coefficient (Wildman–Crippen LogP) is 2.46. The smallest absolute Gasteiger partial charge is 0.176 e. The number of aryl methyl sites for hydroxylation is 1. The number of hydrogen-bond acceptors (Lipinski definition) is 6. The van der Waals surface area contributed by atoms with Gasteiger partial charge in [-0.25, -0.2) is 4.68 Å². The van der Waals surface area contributed by atoms with Gasteiger partial charge in [0, 0.05) is 11.6 Å². The van der Waals surface area contributed by atoms with E-state index >= 15 is 0 Å². The fraction of sp³-hybridized carbons (Fsp3) is 0.176. The number of phenolic OH excluding ortho intramolecular Hbond substituents is 1. The SMILES string of the molecule is CCc1cc(-n2nncc2-c2ccc(OC)cc2)c(ON)cc1O. The van der Waals surface area contributed by atoms with Crippen LogP contribution in [0.1, 0.15) is 12.5 Å². The van der Waals surface area contributed by atoms with Crippen molar-refractivity contribution in [2.45, 2.75) is 13.3 Å². The Morgan fingerprint density at radius 2 is 1.96 bits per heavy atom. The number of nitrogens with zero attached hydrogens (tertiary/aromatic N) is 3. The Balaban J connectivity index is 2.13. The summed E-state index contributed by atoms with van der Waals surface area (Å²) >= 11 is 0. The summed E-state index contributed by atoms with van der Waals surface area (Å²) in [6.07, 6.45) is 2.32. The Morgan fingerprint density at radius 1 is 1.21 bits per heavy atom. The van der Waals surface area contributed by atoms with Crippen LogP contribution >= 0.6 is 0 Å². The Hall–Kier alpha value is -3.06. The topological polar surface area (TPSA) is 95.4 Å². The maximum Gasteiger partial charge on any atom is 0.176 e. The van der Waals surface area contributed by atoms with Gasteiger partial charge in [-0.3, -0.25) is 0 Å². The van der Waals surface area contributed by atoms with Crippen molar-refractivity contribution in [3.63, 3.8) is 0 Å². The van der Waals surface area contributed by atoms with Gasteiger partial charge in [-0.1, -0.05) is 12.1 Å². The number of methoxy groups -OCH3 is 1. The fourth-order valence-electron chi connectivity index (χ4n) is 2.52. The van der Waals surface area contributed by atoms with Gasteiger partial charge >= 0.3 is 0 Å². The molecule has 3 aromatic rings. The molecule has 7 nitrogen and oxygen atoms in total. The van der Waals surface area contributed by atoms with E-state index in [0.717, 1.165) is 22.6 Å². The molecule has 0 radical (unpaired) electrons. The molecule has 2 aromatic carbocycles. The number of phenols is 1. The van der Waals surface area contributed by atoms with E-state index in [2.05, 4.69) is 10.3 Å². The van der Waals surface area contributed by atoms with E-state index in [4.69, 9.17) is 15.5 Å². The van der Waals surface area contributed by atoms with Crippen molar-refractivity contribution in [3.05, 3.63) is 48.2 Å². The van der Waals surface area contributed by atoms with E-state index < -0.39 is 0 Å². The van der Waals surface area contributed by atoms with Crippen LogP contribution in [0.4, 0.5) is 0 Å². The Kier molecular flexibility index (Phi) is 4.35. The number of aromatic nitrogens is 3. The van der Waals surface area contributed by atoms with Crippen LogP contribution in [-0.4, -0.2) is 27.2 Å². The van der Waals surface area contributed by atoms with Gasteiger partial charge < -0.3 is 14.7 Å². The number of rotatable bonds is 5. The lowest BCUT2D eigenvalue weighted by Crippen LogP contribution is -2.09. The molecule has 0 saturated heterocycles. The van der Waals surface area contributed by atoms with Gasteiger partial charge in [-0.05, 0) is 42.3 Å². The molecule has 0 atom stereocenters. The summed E-state index contributed by atoms with van der Waals surface area (Å²) in [4.78, 5) is 4.91. The Morgan fingerprint density at radius 3 is 2.58 bits per heavy atom. The van der Waals surface area contributed by atoms with E-state index in [1.807, 2.05) is 31.2 Å². The normalized spacial score (nSPS) is 10.6. The average molecular weight is 326 g/mol. The van der Waals surface area contributed by atoms with E-state index in [1.54, 1.807) is 24.1 Å². The van der Waals surface area contributed by atoms with Crippen LogP contribution in [0.2, 0.25) is 0 Å². The summed E-state index contributed by atoms with van der Waals surface area (Å²) in [7, 11) is 1.62. The predicted molar refractivity (Wildman–Crippen MR) is 89.2 cm³/mol. The quantitative estimate of drug-likeness (QED) is 0.699. The molecule has 0 bridgehead atoms. The third-order valence-corrected chi connectivity index (χ3v) is 3.83. The number of nitrogens with two attached hydrogens (primary N) is 1. The standard InChI is InChI=1S/C17H18N4O3/c1-3-11-8-14(17(24-18)9-16(11)22)21-15(10-19-20-21)12-4-6-13(23-2)7-5-12/h4-10,22H,3,18H2,1-2H3. The molecule has 0 aliphatic heterocycles. The zero-order valence-electron chi connectivity index (χ0n) is 13.4. The van der Waals surface area contributed by atoms with E-state index in [0.29, 0.717) is 17.9 Å². The summed E-state index contributed by atoms with van der Waals surface area (Å²) in [6, 6.07) is 10.8. The number of aromatic hydroxyl groups is 1. The highest BCUT2D eigenvalue weighted by molar-refractivity contribution is 5.64. The maximum absolute atomic E-state index is 9.99. The van der Waals surface area contributed by atoms with Gasteiger partial charge in [0.05, 0.1) is 19.0 Å². The molecule has 0 saturated carbocycles. The zero-order valence-corrected chi connectivity index (χ0v) is 13.4. The highest BCUT2D eigenvalue weighted by atomic mass is 16.6. The summed E-state index contributed by atoms with van der Waals surface area (Å²) in [5, 5.41) is 18.1. The minimum absolute atomic E-state index is 0.132. The molecule has 1 aromatic heterocycles. The van der Waals surface area contributed by atoms with Crippen LogP contribution in [0.3, 0.4) is 0 Å². The van der Waals surface area contributed by atoms with Crippen molar-refractivity contribution in [2.75, 3.05) is 7.11 Å². The average Bonchev–Trinajstić information content (AvgIpc) is 3.11. The van der Waals surface area contributed by atoms with Gasteiger partial charge in [0.1, 0.15) is 17.2 Å². The summed E-state index contributed by atoms with van der Waals surface area (Å²) < 4.78 is 6.81. The maximum atomic E-state index is 9.99. The van der Waals surface area contributed by atoms with Crippen molar-refractivity contribution < 1.29 is 14.7 Å². The van der Waals surface area contributed by atoms with Crippen molar-refractivity contribution in [3.8, 4) is 34.2 Å². The lowest BCUT2D eigenvalue weighted by Gasteiger charge is -2.13. The van der Waals surface area contributed by atoms with E-state index in [-0.39, 0.29) is 5.75 Å². The van der Waals surface area contributed by atoms with Gasteiger partial charge in [-0.2, -0.15) is 5.90 Å². The van der Waals surface area contributed by atoms with Crippen molar-refractivity contribution in [1.29, 1.82) is 0 Å². The molecule has 0 amide bonds. The molecule has 3 N–H and O–H groups in total. The highest BCUT2D eigenvalue weighted by Gasteiger charge is 2.16. The molecular formula is C17H18N4O3. The molecule has 1 heterocycles. The largest absolute Gasteiger partial charge is 0.508 e. The second-order valence-electron chi connectivity index (χ2n) is 5.18. The molecule has 0 aliphatic carbocycles. The molecule has 0 fully saturated rings. The minimum atomic E-state index is 0.132. The van der Waals surface area contributed by atoms with Crippen LogP contribution in [0.25, 0.3) is 16.9 Å². The molecule has 0 spiro atoms. The number of hydrogen-bond donors (Lipinski definition) is 2. The first-order valence-electron chi connectivity index (χ1n) is 7.46. The van der Waals surface area contributed by atoms with Gasteiger partial charge in [0.25, 0.3) is 0 Å². The molecule has 24 heavy (non-hydrogen) atoms. The van der Waals surface area contributed by atoms with Gasteiger partial charge in [0.2, 0.25) is 0 Å². The van der Waals surface area contributed by atoms with Gasteiger partial charge in [0.15, 0.2) is 5.75 Å². The Bertz CT molecular complexity index is 844. The first kappa shape index (κ1) is 15.8. The monoisotopic (exact) mass is 326 g/mol. The molecule has 0 unspecified atom stereocenters. The first-order chi connectivity index (χ1) is 11.7. The van der Waals surface area contributed by atoms with Crippen LogP contribution in [-0.2, 0) is 6.42 Å². The Labute approximate surface area is 139 Å². The third-order valence-electron chi connectivity index (χ3n) is 3.83. The summed E-state index contributed by atoms with van der Waals surface area (Å²) in [6.45, 7) is 1.95. The van der Waals surface area contributed by atoms with E-state index in [1.165, 1.54) is 6.07 Å².